The highest BCUT2D eigenvalue weighted by Gasteiger charge is 2.22. The molecule has 0 saturated heterocycles. The molecule has 0 spiro atoms. The summed E-state index contributed by atoms with van der Waals surface area (Å²) in [4.78, 5) is 23.8. The number of anilines is 1. The number of nitrogens with zero attached hydrogens (tertiary/aromatic N) is 4. The first kappa shape index (κ1) is 42.3. The Balaban J connectivity index is 0.978. The second-order valence-corrected chi connectivity index (χ2v) is 16.1. The molecule has 2 aromatic heterocycles. The van der Waals surface area contributed by atoms with Crippen molar-refractivity contribution < 1.29 is 23.9 Å². The molecule has 7 aromatic rings. The Morgan fingerprint density at radius 2 is 1.53 bits per heavy atom. The average Bonchev–Trinajstić information content (AvgIpc) is 3.97. The predicted molar refractivity (Wildman–Crippen MR) is 236 cm³/mol. The SMILES string of the molecule is COc1ccccc1CN(Cc1cccs1)C(=O)c1ccc(COCc2ccc(CN(Cc3nc(-c4ccc(Cl)cc4)no3)C(C)c3cccc(NC(C)O)c3)cc2)cc1. The van der Waals surface area contributed by atoms with Crippen molar-refractivity contribution in [3.63, 3.8) is 0 Å². The first-order chi connectivity index (χ1) is 29.2. The molecular formula is C48H48ClN5O5S. The van der Waals surface area contributed by atoms with Crippen molar-refractivity contribution in [2.75, 3.05) is 12.4 Å². The van der Waals surface area contributed by atoms with E-state index in [4.69, 9.17) is 30.6 Å². The Morgan fingerprint density at radius 1 is 0.817 bits per heavy atom. The number of hydrogen-bond donors (Lipinski definition) is 2. The van der Waals surface area contributed by atoms with E-state index in [2.05, 4.69) is 52.6 Å². The standard InChI is InChI=1S/C48H48ClN5O5S/c1-33(40-9-6-10-43(26-40)50-34(2)55)53(30-46-51-47(52-59-46)38-21-23-42(49)24-22-38)27-35-13-15-36(16-14-35)31-58-32-37-17-19-39(20-18-37)48(56)54(29-44-11-7-25-60-44)28-41-8-4-5-12-45(41)57-3/h4-26,33-34,50,55H,27-32H2,1-3H3. The Kier molecular flexibility index (Phi) is 14.4. The summed E-state index contributed by atoms with van der Waals surface area (Å²) in [5.74, 6) is 1.71. The van der Waals surface area contributed by atoms with Crippen LogP contribution in [0.15, 0.2) is 143 Å². The Hall–Kier alpha value is -5.82. The number of amides is 1. The van der Waals surface area contributed by atoms with Crippen LogP contribution in [0.5, 0.6) is 5.75 Å². The molecule has 0 aliphatic heterocycles. The van der Waals surface area contributed by atoms with Gasteiger partial charge >= 0.3 is 0 Å². The molecule has 308 valence electrons. The maximum absolute atomic E-state index is 13.8. The number of aromatic nitrogens is 2. The van der Waals surface area contributed by atoms with Crippen LogP contribution in [0.25, 0.3) is 11.4 Å². The van der Waals surface area contributed by atoms with Gasteiger partial charge in [0.1, 0.15) is 12.0 Å². The molecule has 2 unspecified atom stereocenters. The highest BCUT2D eigenvalue weighted by atomic mass is 35.5. The third-order valence-electron chi connectivity index (χ3n) is 10.1. The number of nitrogens with one attached hydrogen (secondary N) is 1. The van der Waals surface area contributed by atoms with Crippen LogP contribution in [0.4, 0.5) is 5.69 Å². The Labute approximate surface area is 360 Å². The zero-order valence-corrected chi connectivity index (χ0v) is 35.4. The summed E-state index contributed by atoms with van der Waals surface area (Å²) in [6.45, 7) is 6.66. The largest absolute Gasteiger partial charge is 0.496 e. The predicted octanol–water partition coefficient (Wildman–Crippen LogP) is 10.5. The number of thiophene rings is 1. The number of halogens is 1. The zero-order valence-electron chi connectivity index (χ0n) is 33.8. The molecule has 0 bridgehead atoms. The molecule has 2 atom stereocenters. The van der Waals surface area contributed by atoms with Gasteiger partial charge in [-0.15, -0.1) is 11.3 Å². The molecule has 12 heteroatoms. The van der Waals surface area contributed by atoms with Gasteiger partial charge in [0.05, 0.1) is 40.0 Å². The first-order valence-electron chi connectivity index (χ1n) is 19.8. The minimum absolute atomic E-state index is 0.0345. The van der Waals surface area contributed by atoms with Crippen LogP contribution in [0.3, 0.4) is 0 Å². The number of para-hydroxylation sites is 1. The lowest BCUT2D eigenvalue weighted by Crippen LogP contribution is -2.30. The molecule has 0 fully saturated rings. The molecule has 0 radical (unpaired) electrons. The van der Waals surface area contributed by atoms with E-state index in [1.54, 1.807) is 37.5 Å². The number of carbonyl (C=O) groups is 1. The third kappa shape index (κ3) is 11.5. The van der Waals surface area contributed by atoms with Crippen molar-refractivity contribution >= 4 is 34.5 Å². The van der Waals surface area contributed by atoms with Gasteiger partial charge in [0.15, 0.2) is 0 Å². The van der Waals surface area contributed by atoms with Gasteiger partial charge in [0, 0.05) is 44.9 Å². The monoisotopic (exact) mass is 841 g/mol. The minimum Gasteiger partial charge on any atom is -0.496 e. The van der Waals surface area contributed by atoms with E-state index in [1.807, 2.05) is 101 Å². The molecule has 10 nitrogen and oxygen atoms in total. The summed E-state index contributed by atoms with van der Waals surface area (Å²) in [5.41, 5.74) is 7.45. The Morgan fingerprint density at radius 3 is 2.23 bits per heavy atom. The van der Waals surface area contributed by atoms with Crippen LogP contribution in [-0.4, -0.2) is 44.3 Å². The highest BCUT2D eigenvalue weighted by molar-refractivity contribution is 7.09. The summed E-state index contributed by atoms with van der Waals surface area (Å²) in [6.07, 6.45) is -0.676. The Bertz CT molecular complexity index is 2420. The lowest BCUT2D eigenvalue weighted by molar-refractivity contribution is 0.0730. The van der Waals surface area contributed by atoms with Crippen molar-refractivity contribution in [2.24, 2.45) is 0 Å². The minimum atomic E-state index is -0.676. The van der Waals surface area contributed by atoms with Crippen molar-refractivity contribution in [1.29, 1.82) is 0 Å². The van der Waals surface area contributed by atoms with E-state index in [-0.39, 0.29) is 11.9 Å². The van der Waals surface area contributed by atoms with E-state index < -0.39 is 6.23 Å². The first-order valence-corrected chi connectivity index (χ1v) is 21.0. The molecule has 0 aliphatic carbocycles. The van der Waals surface area contributed by atoms with Crippen molar-refractivity contribution in [3.05, 3.63) is 188 Å². The number of hydrogen-bond acceptors (Lipinski definition) is 10. The second kappa shape index (κ2) is 20.4. The summed E-state index contributed by atoms with van der Waals surface area (Å²) in [7, 11) is 1.65. The maximum atomic E-state index is 13.8. The van der Waals surface area contributed by atoms with E-state index >= 15 is 0 Å². The maximum Gasteiger partial charge on any atom is 0.254 e. The number of aliphatic hydroxyl groups excluding tert-OH is 1. The van der Waals surface area contributed by atoms with Crippen LogP contribution in [-0.2, 0) is 44.1 Å². The third-order valence-corrected chi connectivity index (χ3v) is 11.2. The van der Waals surface area contributed by atoms with Crippen LogP contribution in [0, 0.1) is 0 Å². The molecule has 60 heavy (non-hydrogen) atoms. The molecule has 5 aromatic carbocycles. The smallest absolute Gasteiger partial charge is 0.254 e. The summed E-state index contributed by atoms with van der Waals surface area (Å²) in [6, 6.07) is 43.3. The average molecular weight is 842 g/mol. The number of carbonyl (C=O) groups excluding carboxylic acids is 1. The highest BCUT2D eigenvalue weighted by Crippen LogP contribution is 2.28. The summed E-state index contributed by atoms with van der Waals surface area (Å²) < 4.78 is 17.4. The lowest BCUT2D eigenvalue weighted by atomic mass is 10.0. The molecular weight excluding hydrogens is 794 g/mol. The van der Waals surface area contributed by atoms with Gasteiger partial charge in [0.2, 0.25) is 11.7 Å². The van der Waals surface area contributed by atoms with Crippen LogP contribution < -0.4 is 10.1 Å². The molecule has 2 N–H and O–H groups in total. The van der Waals surface area contributed by atoms with Gasteiger partial charge in [-0.05, 0) is 102 Å². The molecule has 0 aliphatic rings. The molecule has 7 rings (SSSR count). The van der Waals surface area contributed by atoms with Crippen molar-refractivity contribution in [1.82, 2.24) is 19.9 Å². The number of benzene rings is 5. The van der Waals surface area contributed by atoms with Crippen LogP contribution in [0.1, 0.15) is 68.8 Å². The van der Waals surface area contributed by atoms with Gasteiger partial charge < -0.3 is 29.3 Å². The normalized spacial score (nSPS) is 12.3. The fraction of sp³-hybridized carbons (Fsp3) is 0.229. The van der Waals surface area contributed by atoms with E-state index in [9.17, 15) is 9.90 Å². The van der Waals surface area contributed by atoms with Gasteiger partial charge in [-0.2, -0.15) is 4.98 Å². The van der Waals surface area contributed by atoms with Gasteiger partial charge in [-0.3, -0.25) is 9.69 Å². The lowest BCUT2D eigenvalue weighted by Gasteiger charge is -2.29. The van der Waals surface area contributed by atoms with Gasteiger partial charge in [-0.25, -0.2) is 0 Å². The molecule has 2 heterocycles. The van der Waals surface area contributed by atoms with E-state index in [0.717, 1.165) is 49.7 Å². The quantitative estimate of drug-likeness (QED) is 0.0769. The van der Waals surface area contributed by atoms with Crippen LogP contribution >= 0.6 is 22.9 Å². The van der Waals surface area contributed by atoms with Crippen molar-refractivity contribution in [3.8, 4) is 17.1 Å². The summed E-state index contributed by atoms with van der Waals surface area (Å²) in [5, 5.41) is 19.9. The van der Waals surface area contributed by atoms with Gasteiger partial charge in [0.25, 0.3) is 5.91 Å². The fourth-order valence-electron chi connectivity index (χ4n) is 6.90. The summed E-state index contributed by atoms with van der Waals surface area (Å²) >= 11 is 7.73. The number of rotatable bonds is 19. The molecule has 0 saturated carbocycles. The van der Waals surface area contributed by atoms with E-state index in [1.165, 1.54) is 0 Å². The topological polar surface area (TPSA) is 113 Å². The number of ether oxygens (including phenoxy) is 2. The fourth-order valence-corrected chi connectivity index (χ4v) is 7.74. The van der Waals surface area contributed by atoms with Crippen molar-refractivity contribution in [2.45, 2.75) is 65.5 Å². The molecule has 1 amide bonds. The van der Waals surface area contributed by atoms with Crippen LogP contribution in [0.2, 0.25) is 5.02 Å². The zero-order chi connectivity index (χ0) is 41.8. The second-order valence-electron chi connectivity index (χ2n) is 14.6. The number of aliphatic hydroxyl groups is 1. The number of methoxy groups -OCH3 is 1. The van der Waals surface area contributed by atoms with E-state index in [0.29, 0.717) is 61.7 Å². The van der Waals surface area contributed by atoms with Gasteiger partial charge in [-0.1, -0.05) is 89.6 Å².